The molecule has 3 heterocycles. The lowest BCUT2D eigenvalue weighted by molar-refractivity contribution is 0.161. The van der Waals surface area contributed by atoms with Crippen LogP contribution in [0.5, 0.6) is 0 Å². The lowest BCUT2D eigenvalue weighted by Gasteiger charge is -2.40. The van der Waals surface area contributed by atoms with E-state index >= 15 is 0 Å². The summed E-state index contributed by atoms with van der Waals surface area (Å²) in [7, 11) is 0. The summed E-state index contributed by atoms with van der Waals surface area (Å²) >= 11 is 0. The van der Waals surface area contributed by atoms with E-state index in [1.807, 2.05) is 0 Å². The highest BCUT2D eigenvalue weighted by Gasteiger charge is 2.32. The van der Waals surface area contributed by atoms with E-state index in [1.165, 1.54) is 71.6 Å². The summed E-state index contributed by atoms with van der Waals surface area (Å²) in [6, 6.07) is 63.1. The molecule has 3 N–H and O–H groups in total. The fourth-order valence-corrected chi connectivity index (χ4v) is 8.07. The first kappa shape index (κ1) is 29.0. The maximum absolute atomic E-state index is 3.93. The van der Waals surface area contributed by atoms with Crippen LogP contribution in [0.15, 0.2) is 176 Å². The Hall–Kier alpha value is -5.98. The van der Waals surface area contributed by atoms with Crippen LogP contribution in [-0.4, -0.2) is 9.13 Å². The van der Waals surface area contributed by atoms with Crippen molar-refractivity contribution < 1.29 is 0 Å². The topological polar surface area (TPSA) is 46.0 Å². The SMILES string of the molecule is c1ccc(-c2ccccc2-n2c3ccccc3c3c4c5ccccc5n(C5NC(c6ccccc6)NC(c6ccccc6)N5)c4ccc32)cc1. The van der Waals surface area contributed by atoms with Crippen molar-refractivity contribution in [3.05, 3.63) is 187 Å². The summed E-state index contributed by atoms with van der Waals surface area (Å²) in [5.41, 5.74) is 10.7. The smallest absolute Gasteiger partial charge is 0.142 e. The second-order valence-electron chi connectivity index (χ2n) is 13.1. The summed E-state index contributed by atoms with van der Waals surface area (Å²) in [4.78, 5) is 0. The fourth-order valence-electron chi connectivity index (χ4n) is 8.07. The number of nitrogens with one attached hydrogen (secondary N) is 3. The third kappa shape index (κ3) is 4.60. The summed E-state index contributed by atoms with van der Waals surface area (Å²) < 4.78 is 4.91. The third-order valence-electron chi connectivity index (χ3n) is 10.2. The van der Waals surface area contributed by atoms with Crippen LogP contribution in [0.2, 0.25) is 0 Å². The van der Waals surface area contributed by atoms with E-state index < -0.39 is 0 Å². The summed E-state index contributed by atoms with van der Waals surface area (Å²) in [6.07, 6.45) is -0.327. The van der Waals surface area contributed by atoms with Gasteiger partial charge in [0.05, 0.1) is 40.1 Å². The van der Waals surface area contributed by atoms with Crippen LogP contribution in [-0.2, 0) is 0 Å². The summed E-state index contributed by atoms with van der Waals surface area (Å²) in [5, 5.41) is 16.7. The van der Waals surface area contributed by atoms with Crippen molar-refractivity contribution in [3.8, 4) is 16.8 Å². The van der Waals surface area contributed by atoms with Gasteiger partial charge in [-0.05, 0) is 47.0 Å². The maximum atomic E-state index is 3.93. The van der Waals surface area contributed by atoms with Crippen molar-refractivity contribution in [1.29, 1.82) is 0 Å². The number of aromatic nitrogens is 2. The van der Waals surface area contributed by atoms with E-state index in [0.29, 0.717) is 0 Å². The molecule has 0 bridgehead atoms. The van der Waals surface area contributed by atoms with Gasteiger partial charge in [0.2, 0.25) is 0 Å². The molecule has 10 rings (SSSR count). The summed E-state index contributed by atoms with van der Waals surface area (Å²) in [6.45, 7) is 0. The molecule has 7 aromatic carbocycles. The number of para-hydroxylation sites is 3. The average molecular weight is 646 g/mol. The molecule has 0 radical (unpaired) electrons. The molecule has 0 aliphatic carbocycles. The quantitative estimate of drug-likeness (QED) is 0.175. The van der Waals surface area contributed by atoms with E-state index in [4.69, 9.17) is 0 Å². The molecule has 1 fully saturated rings. The Morgan fingerprint density at radius 3 is 1.56 bits per heavy atom. The Morgan fingerprint density at radius 2 is 0.880 bits per heavy atom. The van der Waals surface area contributed by atoms with Gasteiger partial charge in [-0.25, -0.2) is 0 Å². The molecule has 1 aliphatic rings. The molecule has 1 saturated heterocycles. The molecule has 5 nitrogen and oxygen atoms in total. The van der Waals surface area contributed by atoms with Crippen molar-refractivity contribution in [2.75, 3.05) is 0 Å². The van der Waals surface area contributed by atoms with Crippen LogP contribution >= 0.6 is 0 Å². The molecule has 5 heteroatoms. The lowest BCUT2D eigenvalue weighted by atomic mass is 10.0. The van der Waals surface area contributed by atoms with E-state index in [9.17, 15) is 0 Å². The zero-order valence-corrected chi connectivity index (χ0v) is 27.4. The Kier molecular flexibility index (Phi) is 6.88. The van der Waals surface area contributed by atoms with Gasteiger partial charge in [0, 0.05) is 27.1 Å². The highest BCUT2D eigenvalue weighted by Crippen LogP contribution is 2.43. The van der Waals surface area contributed by atoms with Crippen LogP contribution in [0.1, 0.15) is 29.7 Å². The van der Waals surface area contributed by atoms with E-state index in [-0.39, 0.29) is 18.6 Å². The Morgan fingerprint density at radius 1 is 0.380 bits per heavy atom. The zero-order valence-electron chi connectivity index (χ0n) is 27.4. The van der Waals surface area contributed by atoms with Gasteiger partial charge in [0.25, 0.3) is 0 Å². The van der Waals surface area contributed by atoms with Gasteiger partial charge in [-0.15, -0.1) is 0 Å². The van der Waals surface area contributed by atoms with Gasteiger partial charge < -0.3 is 9.13 Å². The standard InChI is InChI=1S/C45H35N5/c1-4-16-30(17-5-1)33-22-10-13-25-36(33)49-37-26-14-11-23-34(37)41-39(49)28-29-40-42(41)35-24-12-15-27-38(35)50(40)45-47-43(31-18-6-2-7-19-31)46-44(48-45)32-20-8-3-9-21-32/h1-29,43-48H. The Labute approximate surface area is 290 Å². The first-order chi connectivity index (χ1) is 24.8. The number of benzene rings is 7. The van der Waals surface area contributed by atoms with Crippen LogP contribution in [0.25, 0.3) is 60.4 Å². The monoisotopic (exact) mass is 645 g/mol. The van der Waals surface area contributed by atoms with Crippen LogP contribution < -0.4 is 16.0 Å². The van der Waals surface area contributed by atoms with E-state index in [2.05, 4.69) is 201 Å². The predicted molar refractivity (Wildman–Crippen MR) is 206 cm³/mol. The molecular weight excluding hydrogens is 611 g/mol. The van der Waals surface area contributed by atoms with Gasteiger partial charge in [0.15, 0.2) is 0 Å². The van der Waals surface area contributed by atoms with E-state index in [1.54, 1.807) is 0 Å². The van der Waals surface area contributed by atoms with Gasteiger partial charge in [-0.2, -0.15) is 0 Å². The Bertz CT molecular complexity index is 2590. The first-order valence-corrected chi connectivity index (χ1v) is 17.3. The van der Waals surface area contributed by atoms with Crippen molar-refractivity contribution >= 4 is 43.6 Å². The molecular formula is C45H35N5. The molecule has 2 unspecified atom stereocenters. The number of hydrogen-bond donors (Lipinski definition) is 3. The number of fused-ring (bicyclic) bond motifs is 7. The van der Waals surface area contributed by atoms with Crippen molar-refractivity contribution in [2.24, 2.45) is 0 Å². The lowest BCUT2D eigenvalue weighted by Crippen LogP contribution is -2.56. The van der Waals surface area contributed by atoms with E-state index in [0.717, 1.165) is 0 Å². The minimum absolute atomic E-state index is 0.0657. The molecule has 2 atom stereocenters. The largest absolute Gasteiger partial charge is 0.311 e. The van der Waals surface area contributed by atoms with Gasteiger partial charge in [0.1, 0.15) is 6.29 Å². The Balaban J connectivity index is 1.23. The van der Waals surface area contributed by atoms with Gasteiger partial charge in [-0.1, -0.05) is 146 Å². The molecule has 240 valence electrons. The number of hydrogen-bond acceptors (Lipinski definition) is 3. The number of nitrogens with zero attached hydrogens (tertiary/aromatic N) is 2. The summed E-state index contributed by atoms with van der Waals surface area (Å²) in [5.74, 6) is 0. The normalized spacial score (nSPS) is 18.0. The highest BCUT2D eigenvalue weighted by molar-refractivity contribution is 6.28. The molecule has 9 aromatic rings. The predicted octanol–water partition coefficient (Wildman–Crippen LogP) is 10.2. The second-order valence-corrected chi connectivity index (χ2v) is 13.1. The fraction of sp³-hybridized carbons (Fsp3) is 0.0667. The van der Waals surface area contributed by atoms with Crippen LogP contribution in [0, 0.1) is 0 Å². The van der Waals surface area contributed by atoms with Crippen molar-refractivity contribution in [3.63, 3.8) is 0 Å². The second kappa shape index (κ2) is 11.9. The van der Waals surface area contributed by atoms with Crippen LogP contribution in [0.3, 0.4) is 0 Å². The number of rotatable bonds is 5. The highest BCUT2D eigenvalue weighted by atomic mass is 15.4. The molecule has 50 heavy (non-hydrogen) atoms. The first-order valence-electron chi connectivity index (χ1n) is 17.3. The molecule has 0 spiro atoms. The molecule has 1 aliphatic heterocycles. The molecule has 0 amide bonds. The van der Waals surface area contributed by atoms with Gasteiger partial charge >= 0.3 is 0 Å². The minimum Gasteiger partial charge on any atom is -0.311 e. The van der Waals surface area contributed by atoms with Crippen molar-refractivity contribution in [2.45, 2.75) is 18.6 Å². The third-order valence-corrected chi connectivity index (χ3v) is 10.2. The zero-order chi connectivity index (χ0) is 33.0. The molecule has 0 saturated carbocycles. The minimum atomic E-state index is -0.196. The molecule has 2 aromatic heterocycles. The van der Waals surface area contributed by atoms with Crippen LogP contribution in [0.4, 0.5) is 0 Å². The van der Waals surface area contributed by atoms with Crippen molar-refractivity contribution in [1.82, 2.24) is 25.1 Å². The van der Waals surface area contributed by atoms with Gasteiger partial charge in [-0.3, -0.25) is 16.0 Å². The average Bonchev–Trinajstić information content (AvgIpc) is 3.71. The maximum Gasteiger partial charge on any atom is 0.142 e.